The average molecular weight is 370 g/mol. The molecule has 0 amide bonds. The minimum absolute atomic E-state index is 0.0293. The second kappa shape index (κ2) is 7.98. The molecule has 1 atom stereocenters. The summed E-state index contributed by atoms with van der Waals surface area (Å²) < 4.78 is 22.1. The lowest BCUT2D eigenvalue weighted by Gasteiger charge is -2.23. The number of carbonyl (C=O) groups excluding carboxylic acids is 1. The summed E-state index contributed by atoms with van der Waals surface area (Å²) >= 11 is 0. The predicted molar refractivity (Wildman–Crippen MR) is 98.3 cm³/mol. The second-order valence-electron chi connectivity index (χ2n) is 6.61. The molecule has 2 aromatic carbocycles. The number of phenolic OH excluding ortho intramolecular Hbond substituents is 1. The first kappa shape index (κ1) is 17.8. The third kappa shape index (κ3) is 3.63. The maximum Gasteiger partial charge on any atom is 0.231 e. The highest BCUT2D eigenvalue weighted by atomic mass is 16.7. The van der Waals surface area contributed by atoms with Crippen LogP contribution in [0.3, 0.4) is 0 Å². The zero-order chi connectivity index (χ0) is 18.6. The molecule has 27 heavy (non-hydrogen) atoms. The summed E-state index contributed by atoms with van der Waals surface area (Å²) in [6, 6.07) is 9.52. The van der Waals surface area contributed by atoms with Crippen LogP contribution in [0.25, 0.3) is 11.1 Å². The van der Waals surface area contributed by atoms with Gasteiger partial charge in [0.25, 0.3) is 0 Å². The Kier molecular flexibility index (Phi) is 5.27. The molecule has 2 aliphatic rings. The molecule has 0 radical (unpaired) electrons. The number of aldehydes is 1. The molecule has 0 aliphatic carbocycles. The van der Waals surface area contributed by atoms with Crippen molar-refractivity contribution >= 4 is 6.29 Å². The van der Waals surface area contributed by atoms with Gasteiger partial charge in [0.2, 0.25) is 12.5 Å². The Morgan fingerprint density at radius 1 is 1.19 bits per heavy atom. The number of fused-ring (bicyclic) bond motifs is 1. The van der Waals surface area contributed by atoms with E-state index in [1.807, 2.05) is 24.3 Å². The summed E-state index contributed by atoms with van der Waals surface area (Å²) in [5.74, 6) is 0.475. The molecule has 0 aromatic heterocycles. The summed E-state index contributed by atoms with van der Waals surface area (Å²) in [6.45, 7) is 1.30. The summed E-state index contributed by atoms with van der Waals surface area (Å²) in [5, 5.41) is 10.4. The molecular weight excluding hydrogens is 348 g/mol. The number of phenols is 1. The number of rotatable bonds is 6. The van der Waals surface area contributed by atoms with Gasteiger partial charge in [-0.15, -0.1) is 0 Å². The standard InChI is InChI=1S/C21H22O6/c22-12-17-16(11-18-21(20(17)23)27-13-26-18)15-6-2-1-5-14(15)8-10-25-19-7-3-4-9-24-19/h1-2,5-6,11-12,19,23H,3-4,7-10,13H2. The minimum Gasteiger partial charge on any atom is -0.504 e. The van der Waals surface area contributed by atoms with Crippen LogP contribution in [0.2, 0.25) is 0 Å². The molecule has 1 unspecified atom stereocenters. The van der Waals surface area contributed by atoms with E-state index in [4.69, 9.17) is 18.9 Å². The van der Waals surface area contributed by atoms with Crippen molar-refractivity contribution in [2.75, 3.05) is 20.0 Å². The van der Waals surface area contributed by atoms with Crippen molar-refractivity contribution < 1.29 is 28.8 Å². The van der Waals surface area contributed by atoms with Crippen molar-refractivity contribution in [1.29, 1.82) is 0 Å². The number of aromatic hydroxyl groups is 1. The van der Waals surface area contributed by atoms with Crippen molar-refractivity contribution in [2.24, 2.45) is 0 Å². The highest BCUT2D eigenvalue weighted by Crippen LogP contribution is 2.47. The Balaban J connectivity index is 1.59. The van der Waals surface area contributed by atoms with E-state index in [1.165, 1.54) is 0 Å². The van der Waals surface area contributed by atoms with Gasteiger partial charge >= 0.3 is 0 Å². The van der Waals surface area contributed by atoms with Gasteiger partial charge in [-0.3, -0.25) is 4.79 Å². The third-order valence-electron chi connectivity index (χ3n) is 4.92. The Labute approximate surface area is 157 Å². The van der Waals surface area contributed by atoms with Crippen LogP contribution in [-0.2, 0) is 15.9 Å². The van der Waals surface area contributed by atoms with Crippen LogP contribution in [0, 0.1) is 0 Å². The molecule has 0 spiro atoms. The van der Waals surface area contributed by atoms with Gasteiger partial charge < -0.3 is 24.1 Å². The molecule has 6 nitrogen and oxygen atoms in total. The van der Waals surface area contributed by atoms with Crippen molar-refractivity contribution in [3.05, 3.63) is 41.5 Å². The van der Waals surface area contributed by atoms with Gasteiger partial charge in [-0.25, -0.2) is 0 Å². The fourth-order valence-corrected chi connectivity index (χ4v) is 3.53. The topological polar surface area (TPSA) is 74.2 Å². The molecule has 0 saturated carbocycles. The lowest BCUT2D eigenvalue weighted by Crippen LogP contribution is -2.23. The first-order chi connectivity index (χ1) is 13.3. The van der Waals surface area contributed by atoms with Crippen LogP contribution < -0.4 is 9.47 Å². The van der Waals surface area contributed by atoms with Gasteiger partial charge in [0.1, 0.15) is 0 Å². The minimum atomic E-state index is -0.184. The first-order valence-corrected chi connectivity index (χ1v) is 9.20. The Hall–Kier alpha value is -2.57. The SMILES string of the molecule is O=Cc1c(-c2ccccc2CCOC2CCCCO2)cc2c(c1O)OCO2. The lowest BCUT2D eigenvalue weighted by molar-refractivity contribution is -0.161. The van der Waals surface area contributed by atoms with E-state index < -0.39 is 0 Å². The van der Waals surface area contributed by atoms with E-state index in [-0.39, 0.29) is 30.1 Å². The fraction of sp³-hybridized carbons (Fsp3) is 0.381. The quantitative estimate of drug-likeness (QED) is 0.782. The fourth-order valence-electron chi connectivity index (χ4n) is 3.53. The largest absolute Gasteiger partial charge is 0.504 e. The van der Waals surface area contributed by atoms with E-state index in [0.717, 1.165) is 37.0 Å². The molecule has 1 N–H and O–H groups in total. The van der Waals surface area contributed by atoms with Crippen LogP contribution >= 0.6 is 0 Å². The maximum atomic E-state index is 11.7. The van der Waals surface area contributed by atoms with Crippen LogP contribution in [0.1, 0.15) is 35.2 Å². The Morgan fingerprint density at radius 2 is 2.07 bits per heavy atom. The monoisotopic (exact) mass is 370 g/mol. The average Bonchev–Trinajstić information content (AvgIpc) is 3.18. The molecule has 4 rings (SSSR count). The van der Waals surface area contributed by atoms with Crippen molar-refractivity contribution in [3.8, 4) is 28.4 Å². The van der Waals surface area contributed by atoms with E-state index in [2.05, 4.69) is 0 Å². The lowest BCUT2D eigenvalue weighted by atomic mass is 9.93. The van der Waals surface area contributed by atoms with Crippen LogP contribution in [0.4, 0.5) is 0 Å². The first-order valence-electron chi connectivity index (χ1n) is 9.20. The smallest absolute Gasteiger partial charge is 0.231 e. The summed E-state index contributed by atoms with van der Waals surface area (Å²) in [5.41, 5.74) is 2.70. The Bertz CT molecular complexity index is 826. The second-order valence-corrected chi connectivity index (χ2v) is 6.61. The van der Waals surface area contributed by atoms with Crippen molar-refractivity contribution in [1.82, 2.24) is 0 Å². The molecule has 0 bridgehead atoms. The number of hydrogen-bond donors (Lipinski definition) is 1. The van der Waals surface area contributed by atoms with Gasteiger partial charge in [0.15, 0.2) is 24.1 Å². The molecule has 2 aromatic rings. The predicted octanol–water partition coefficient (Wildman–Crippen LogP) is 3.69. The van der Waals surface area contributed by atoms with E-state index in [1.54, 1.807) is 6.07 Å². The normalized spacial score (nSPS) is 18.4. The van der Waals surface area contributed by atoms with E-state index >= 15 is 0 Å². The molecular formula is C21H22O6. The highest BCUT2D eigenvalue weighted by Gasteiger charge is 2.25. The molecule has 2 heterocycles. The molecule has 1 saturated heterocycles. The van der Waals surface area contributed by atoms with Gasteiger partial charge in [-0.1, -0.05) is 24.3 Å². The molecule has 142 valence electrons. The van der Waals surface area contributed by atoms with E-state index in [9.17, 15) is 9.90 Å². The van der Waals surface area contributed by atoms with Gasteiger partial charge in [0, 0.05) is 12.2 Å². The number of carbonyl (C=O) groups is 1. The van der Waals surface area contributed by atoms with Gasteiger partial charge in [-0.2, -0.15) is 0 Å². The van der Waals surface area contributed by atoms with Gasteiger partial charge in [0.05, 0.1) is 12.2 Å². The zero-order valence-corrected chi connectivity index (χ0v) is 15.0. The summed E-state index contributed by atoms with van der Waals surface area (Å²) in [4.78, 5) is 11.7. The molecule has 6 heteroatoms. The van der Waals surface area contributed by atoms with Crippen molar-refractivity contribution in [3.63, 3.8) is 0 Å². The maximum absolute atomic E-state index is 11.7. The Morgan fingerprint density at radius 3 is 2.89 bits per heavy atom. The number of ether oxygens (including phenoxy) is 4. The van der Waals surface area contributed by atoms with Crippen LogP contribution in [-0.4, -0.2) is 37.7 Å². The summed E-state index contributed by atoms with van der Waals surface area (Å²) in [7, 11) is 0. The highest BCUT2D eigenvalue weighted by molar-refractivity contribution is 5.94. The van der Waals surface area contributed by atoms with Crippen LogP contribution in [0.5, 0.6) is 17.2 Å². The van der Waals surface area contributed by atoms with Crippen molar-refractivity contribution in [2.45, 2.75) is 32.0 Å². The summed E-state index contributed by atoms with van der Waals surface area (Å²) in [6.07, 6.45) is 4.32. The number of benzene rings is 2. The molecule has 1 fully saturated rings. The zero-order valence-electron chi connectivity index (χ0n) is 15.0. The van der Waals surface area contributed by atoms with Gasteiger partial charge in [-0.05, 0) is 42.9 Å². The third-order valence-corrected chi connectivity index (χ3v) is 4.92. The van der Waals surface area contributed by atoms with Crippen LogP contribution in [0.15, 0.2) is 30.3 Å². The van der Waals surface area contributed by atoms with E-state index in [0.29, 0.717) is 30.6 Å². The molecule has 2 aliphatic heterocycles. The number of hydrogen-bond acceptors (Lipinski definition) is 6.